The fourth-order valence-corrected chi connectivity index (χ4v) is 1.34. The number of pyridine rings is 1. The zero-order valence-electron chi connectivity index (χ0n) is 8.20. The third kappa shape index (κ3) is 3.13. The summed E-state index contributed by atoms with van der Waals surface area (Å²) < 4.78 is 0. The van der Waals surface area contributed by atoms with Crippen LogP contribution in [-0.4, -0.2) is 10.1 Å². The lowest BCUT2D eigenvalue weighted by molar-refractivity contribution is 0.177. The number of nitrogens with zero attached hydrogens (tertiary/aromatic N) is 1. The van der Waals surface area contributed by atoms with Gasteiger partial charge in [-0.05, 0) is 30.5 Å². The van der Waals surface area contributed by atoms with Gasteiger partial charge in [-0.3, -0.25) is 0 Å². The third-order valence-corrected chi connectivity index (χ3v) is 2.32. The highest BCUT2D eigenvalue weighted by Crippen LogP contribution is 2.22. The molecule has 0 saturated carbocycles. The molecule has 1 aromatic rings. The van der Waals surface area contributed by atoms with Crippen LogP contribution in [0.3, 0.4) is 0 Å². The molecule has 1 heterocycles. The maximum Gasteiger partial charge on any atom is 0.129 e. The van der Waals surface area contributed by atoms with Crippen LogP contribution in [0.2, 0.25) is 5.15 Å². The molecule has 0 aromatic carbocycles. The van der Waals surface area contributed by atoms with Crippen LogP contribution in [0.1, 0.15) is 31.4 Å². The summed E-state index contributed by atoms with van der Waals surface area (Å²) in [6, 6.07) is 3.44. The molecule has 2 nitrogen and oxygen atoms in total. The van der Waals surface area contributed by atoms with Crippen LogP contribution < -0.4 is 0 Å². The first-order valence-electron chi connectivity index (χ1n) is 4.59. The second-order valence-corrected chi connectivity index (χ2v) is 3.62. The molecule has 14 heavy (non-hydrogen) atoms. The minimum absolute atomic E-state index is 0.406. The van der Waals surface area contributed by atoms with E-state index in [1.807, 2.05) is 6.92 Å². The highest BCUT2D eigenvalue weighted by molar-refractivity contribution is 6.29. The predicted molar refractivity (Wildman–Crippen MR) is 58.3 cm³/mol. The molecule has 1 unspecified atom stereocenters. The molecule has 0 fully saturated rings. The summed E-state index contributed by atoms with van der Waals surface area (Å²) in [5.74, 6) is 0. The lowest BCUT2D eigenvalue weighted by atomic mass is 10.0. The van der Waals surface area contributed by atoms with Gasteiger partial charge in [0.15, 0.2) is 0 Å². The third-order valence-electron chi connectivity index (χ3n) is 2.12. The summed E-state index contributed by atoms with van der Waals surface area (Å²) in [5, 5.41) is 10.2. The summed E-state index contributed by atoms with van der Waals surface area (Å²) in [7, 11) is 0. The smallest absolute Gasteiger partial charge is 0.129 e. The van der Waals surface area contributed by atoms with Gasteiger partial charge in [-0.2, -0.15) is 0 Å². The van der Waals surface area contributed by atoms with Crippen molar-refractivity contribution in [3.63, 3.8) is 0 Å². The summed E-state index contributed by atoms with van der Waals surface area (Å²) >= 11 is 5.71. The topological polar surface area (TPSA) is 33.1 Å². The molecule has 0 aliphatic carbocycles. The van der Waals surface area contributed by atoms with Gasteiger partial charge in [0, 0.05) is 6.20 Å². The molecule has 0 spiro atoms. The van der Waals surface area contributed by atoms with E-state index in [2.05, 4.69) is 11.6 Å². The first-order valence-corrected chi connectivity index (χ1v) is 4.97. The summed E-state index contributed by atoms with van der Waals surface area (Å²) in [4.78, 5) is 3.85. The fourth-order valence-electron chi connectivity index (χ4n) is 1.16. The Morgan fingerprint density at radius 3 is 3.00 bits per heavy atom. The van der Waals surface area contributed by atoms with Gasteiger partial charge in [0.25, 0.3) is 0 Å². The average Bonchev–Trinajstić information content (AvgIpc) is 2.17. The van der Waals surface area contributed by atoms with E-state index in [4.69, 9.17) is 11.6 Å². The Kier molecular flexibility index (Phi) is 4.11. The molecule has 1 atom stereocenters. The Balaban J connectivity index is 2.69. The largest absolute Gasteiger partial charge is 0.388 e. The zero-order valence-corrected chi connectivity index (χ0v) is 8.96. The number of rotatable bonds is 4. The number of halogens is 1. The molecule has 1 N–H and O–H groups in total. The maximum atomic E-state index is 9.80. The van der Waals surface area contributed by atoms with Crippen LogP contribution in [0, 0.1) is 0 Å². The van der Waals surface area contributed by atoms with Gasteiger partial charge in [-0.15, -0.1) is 0 Å². The molecule has 1 aromatic heterocycles. The van der Waals surface area contributed by atoms with E-state index in [-0.39, 0.29) is 0 Å². The van der Waals surface area contributed by atoms with Crippen molar-refractivity contribution in [2.24, 2.45) is 0 Å². The molecule has 0 radical (unpaired) electrons. The summed E-state index contributed by atoms with van der Waals surface area (Å²) in [6.45, 7) is 5.87. The number of aromatic nitrogens is 1. The van der Waals surface area contributed by atoms with Gasteiger partial charge in [0.2, 0.25) is 0 Å². The van der Waals surface area contributed by atoms with Crippen molar-refractivity contribution in [1.29, 1.82) is 0 Å². The van der Waals surface area contributed by atoms with Gasteiger partial charge in [-0.25, -0.2) is 4.98 Å². The SMILES string of the molecule is C=C(CC)CC(O)c1ccnc(Cl)c1. The maximum absolute atomic E-state index is 9.80. The Bertz CT molecular complexity index is 325. The number of aliphatic hydroxyl groups is 1. The zero-order chi connectivity index (χ0) is 10.6. The summed E-state index contributed by atoms with van der Waals surface area (Å²) in [6.07, 6.45) is 2.53. The first kappa shape index (κ1) is 11.2. The molecule has 0 aliphatic rings. The van der Waals surface area contributed by atoms with Crippen LogP contribution in [0.5, 0.6) is 0 Å². The van der Waals surface area contributed by atoms with Gasteiger partial charge in [0.1, 0.15) is 5.15 Å². The lowest BCUT2D eigenvalue weighted by Crippen LogP contribution is -1.98. The van der Waals surface area contributed by atoms with Crippen molar-refractivity contribution in [3.05, 3.63) is 41.2 Å². The Morgan fingerprint density at radius 1 is 1.71 bits per heavy atom. The number of aliphatic hydroxyl groups excluding tert-OH is 1. The minimum Gasteiger partial charge on any atom is -0.388 e. The standard InChI is InChI=1S/C11H14ClNO/c1-3-8(2)6-10(14)9-4-5-13-11(12)7-9/h4-5,7,10,14H,2-3,6H2,1H3. The molecule has 0 saturated heterocycles. The van der Waals surface area contributed by atoms with Crippen LogP contribution in [0.4, 0.5) is 0 Å². The van der Waals surface area contributed by atoms with Crippen molar-refractivity contribution in [3.8, 4) is 0 Å². The molecule has 0 aliphatic heterocycles. The van der Waals surface area contributed by atoms with Gasteiger partial charge >= 0.3 is 0 Å². The quantitative estimate of drug-likeness (QED) is 0.613. The number of hydrogen-bond acceptors (Lipinski definition) is 2. The van der Waals surface area contributed by atoms with Crippen molar-refractivity contribution in [2.75, 3.05) is 0 Å². The highest BCUT2D eigenvalue weighted by Gasteiger charge is 2.08. The van der Waals surface area contributed by atoms with Crippen molar-refractivity contribution in [1.82, 2.24) is 4.98 Å². The molecule has 3 heteroatoms. The average molecular weight is 212 g/mol. The second kappa shape index (κ2) is 5.13. The molecular formula is C11H14ClNO. The number of hydrogen-bond donors (Lipinski definition) is 1. The highest BCUT2D eigenvalue weighted by atomic mass is 35.5. The van der Waals surface area contributed by atoms with Crippen molar-refractivity contribution in [2.45, 2.75) is 25.9 Å². The molecule has 1 rings (SSSR count). The van der Waals surface area contributed by atoms with Crippen LogP contribution >= 0.6 is 11.6 Å². The molecule has 0 amide bonds. The van der Waals surface area contributed by atoms with Gasteiger partial charge in [-0.1, -0.05) is 30.7 Å². The molecule has 76 valence electrons. The predicted octanol–water partition coefficient (Wildman–Crippen LogP) is 3.12. The van der Waals surface area contributed by atoms with E-state index in [1.165, 1.54) is 0 Å². The van der Waals surface area contributed by atoms with Crippen LogP contribution in [-0.2, 0) is 0 Å². The monoisotopic (exact) mass is 211 g/mol. The Labute approximate surface area is 89.2 Å². The minimum atomic E-state index is -0.525. The van der Waals surface area contributed by atoms with E-state index in [0.717, 1.165) is 17.6 Å². The molecule has 0 bridgehead atoms. The van der Waals surface area contributed by atoms with Crippen molar-refractivity contribution >= 4 is 11.6 Å². The lowest BCUT2D eigenvalue weighted by Gasteiger charge is -2.11. The van der Waals surface area contributed by atoms with Crippen molar-refractivity contribution < 1.29 is 5.11 Å². The van der Waals surface area contributed by atoms with E-state index in [9.17, 15) is 5.11 Å². The fraction of sp³-hybridized carbons (Fsp3) is 0.364. The second-order valence-electron chi connectivity index (χ2n) is 3.24. The van der Waals surface area contributed by atoms with E-state index >= 15 is 0 Å². The van der Waals surface area contributed by atoms with Crippen LogP contribution in [0.25, 0.3) is 0 Å². The van der Waals surface area contributed by atoms with Crippen LogP contribution in [0.15, 0.2) is 30.5 Å². The van der Waals surface area contributed by atoms with E-state index in [0.29, 0.717) is 11.6 Å². The molecular weight excluding hydrogens is 198 g/mol. The van der Waals surface area contributed by atoms with E-state index < -0.39 is 6.10 Å². The van der Waals surface area contributed by atoms with E-state index in [1.54, 1.807) is 18.3 Å². The summed E-state index contributed by atoms with van der Waals surface area (Å²) in [5.41, 5.74) is 1.82. The Hall–Kier alpha value is -0.860. The normalized spacial score (nSPS) is 12.5. The Morgan fingerprint density at radius 2 is 2.43 bits per heavy atom. The van der Waals surface area contributed by atoms with Gasteiger partial charge in [0.05, 0.1) is 6.10 Å². The van der Waals surface area contributed by atoms with Gasteiger partial charge < -0.3 is 5.11 Å². The first-order chi connectivity index (χ1) is 6.63.